The third-order valence-electron chi connectivity index (χ3n) is 3.50. The van der Waals surface area contributed by atoms with E-state index in [4.69, 9.17) is 4.84 Å². The Labute approximate surface area is 130 Å². The van der Waals surface area contributed by atoms with E-state index in [0.29, 0.717) is 12.1 Å². The Bertz CT molecular complexity index is 538. The molecule has 1 aliphatic rings. The van der Waals surface area contributed by atoms with Crippen LogP contribution in [0.4, 0.5) is 4.39 Å². The average molecular weight is 304 g/mol. The van der Waals surface area contributed by atoms with Crippen LogP contribution in [0.3, 0.4) is 0 Å². The van der Waals surface area contributed by atoms with E-state index >= 15 is 0 Å². The van der Waals surface area contributed by atoms with Gasteiger partial charge >= 0.3 is 0 Å². The number of rotatable bonds is 7. The standard InChI is InChI=1S/C17H21FN2O2/c18-16-8-6-15(7-9-16)12-20-22-13-17(21)19-11-10-14-4-2-1-3-5-14/h4,6-9,12H,1-3,5,10-11,13H2,(H,19,21)/b20-12+. The summed E-state index contributed by atoms with van der Waals surface area (Å²) in [6.45, 7) is 0.520. The van der Waals surface area contributed by atoms with Crippen LogP contribution in [-0.2, 0) is 9.63 Å². The van der Waals surface area contributed by atoms with E-state index < -0.39 is 0 Å². The van der Waals surface area contributed by atoms with Gasteiger partial charge in [-0.3, -0.25) is 4.79 Å². The van der Waals surface area contributed by atoms with Gasteiger partial charge in [-0.2, -0.15) is 0 Å². The third kappa shape index (κ3) is 6.08. The van der Waals surface area contributed by atoms with Crippen molar-refractivity contribution in [1.82, 2.24) is 5.32 Å². The predicted octanol–water partition coefficient (Wildman–Crippen LogP) is 3.18. The van der Waals surface area contributed by atoms with E-state index in [1.165, 1.54) is 36.8 Å². The maximum Gasteiger partial charge on any atom is 0.260 e. The first-order chi connectivity index (χ1) is 10.7. The number of carbonyl (C=O) groups excluding carboxylic acids is 1. The number of nitrogens with zero attached hydrogens (tertiary/aromatic N) is 1. The molecule has 0 heterocycles. The molecule has 22 heavy (non-hydrogen) atoms. The van der Waals surface area contributed by atoms with E-state index in [1.54, 1.807) is 12.1 Å². The molecule has 0 radical (unpaired) electrons. The highest BCUT2D eigenvalue weighted by atomic mass is 19.1. The molecule has 0 saturated carbocycles. The molecule has 0 spiro atoms. The molecule has 0 aromatic heterocycles. The summed E-state index contributed by atoms with van der Waals surface area (Å²) in [5.74, 6) is -0.488. The molecule has 1 amide bonds. The number of nitrogens with one attached hydrogen (secondary N) is 1. The Morgan fingerprint density at radius 3 is 2.86 bits per heavy atom. The predicted molar refractivity (Wildman–Crippen MR) is 84.1 cm³/mol. The van der Waals surface area contributed by atoms with Crippen LogP contribution in [0.25, 0.3) is 0 Å². The van der Waals surface area contributed by atoms with E-state index in [0.717, 1.165) is 19.3 Å². The fraction of sp³-hybridized carbons (Fsp3) is 0.412. The Morgan fingerprint density at radius 1 is 1.32 bits per heavy atom. The molecule has 0 fully saturated rings. The summed E-state index contributed by atoms with van der Waals surface area (Å²) >= 11 is 0. The van der Waals surface area contributed by atoms with Crippen LogP contribution in [0.5, 0.6) is 0 Å². The summed E-state index contributed by atoms with van der Waals surface area (Å²) in [4.78, 5) is 16.5. The van der Waals surface area contributed by atoms with Crippen molar-refractivity contribution in [1.29, 1.82) is 0 Å². The first kappa shape index (κ1) is 16.2. The van der Waals surface area contributed by atoms with Crippen LogP contribution < -0.4 is 5.32 Å². The SMILES string of the molecule is O=C(CO/N=C/c1ccc(F)cc1)NCCC1=CCCCC1. The third-order valence-corrected chi connectivity index (χ3v) is 3.50. The molecule has 118 valence electrons. The smallest absolute Gasteiger partial charge is 0.260 e. The molecule has 0 saturated heterocycles. The maximum atomic E-state index is 12.7. The van der Waals surface area contributed by atoms with Crippen molar-refractivity contribution in [2.24, 2.45) is 5.16 Å². The van der Waals surface area contributed by atoms with Crippen molar-refractivity contribution in [3.63, 3.8) is 0 Å². The largest absolute Gasteiger partial charge is 0.386 e. The minimum atomic E-state index is -0.300. The molecule has 5 heteroatoms. The molecule has 4 nitrogen and oxygen atoms in total. The number of halogens is 1. The average Bonchev–Trinajstić information content (AvgIpc) is 2.54. The Hall–Kier alpha value is -2.17. The normalized spacial score (nSPS) is 14.7. The fourth-order valence-corrected chi connectivity index (χ4v) is 2.29. The second kappa shape index (κ2) is 8.97. The molecule has 1 aromatic rings. The number of allylic oxidation sites excluding steroid dienone is 1. The van der Waals surface area contributed by atoms with Gasteiger partial charge in [-0.1, -0.05) is 28.9 Å². The summed E-state index contributed by atoms with van der Waals surface area (Å²) in [7, 11) is 0. The van der Waals surface area contributed by atoms with Gasteiger partial charge in [0.25, 0.3) is 5.91 Å². The maximum absolute atomic E-state index is 12.7. The van der Waals surface area contributed by atoms with Crippen LogP contribution >= 0.6 is 0 Å². The Balaban J connectivity index is 1.59. The summed E-state index contributed by atoms with van der Waals surface area (Å²) in [6.07, 6.45) is 9.46. The van der Waals surface area contributed by atoms with Crippen LogP contribution in [-0.4, -0.2) is 25.3 Å². The van der Waals surface area contributed by atoms with Crippen LogP contribution in [0.15, 0.2) is 41.1 Å². The second-order valence-corrected chi connectivity index (χ2v) is 5.27. The lowest BCUT2D eigenvalue weighted by Crippen LogP contribution is -2.28. The van der Waals surface area contributed by atoms with Crippen molar-refractivity contribution in [2.45, 2.75) is 32.1 Å². The molecule has 1 aliphatic carbocycles. The number of amides is 1. The first-order valence-electron chi connectivity index (χ1n) is 7.59. The molecule has 0 unspecified atom stereocenters. The van der Waals surface area contributed by atoms with Gasteiger partial charge in [-0.15, -0.1) is 0 Å². The highest BCUT2D eigenvalue weighted by Crippen LogP contribution is 2.19. The minimum absolute atomic E-state index is 0.114. The zero-order valence-corrected chi connectivity index (χ0v) is 12.6. The quantitative estimate of drug-likeness (QED) is 0.478. The van der Waals surface area contributed by atoms with Gasteiger partial charge in [-0.25, -0.2) is 4.39 Å². The highest BCUT2D eigenvalue weighted by molar-refractivity contribution is 5.79. The topological polar surface area (TPSA) is 50.7 Å². The zero-order valence-electron chi connectivity index (χ0n) is 12.6. The summed E-state index contributed by atoms with van der Waals surface area (Å²) in [5, 5.41) is 6.50. The molecule has 0 atom stereocenters. The van der Waals surface area contributed by atoms with E-state index in [-0.39, 0.29) is 18.3 Å². The van der Waals surface area contributed by atoms with Crippen LogP contribution in [0, 0.1) is 5.82 Å². The number of benzene rings is 1. The van der Waals surface area contributed by atoms with Crippen molar-refractivity contribution in [3.8, 4) is 0 Å². The van der Waals surface area contributed by atoms with Gasteiger partial charge in [0.2, 0.25) is 0 Å². The van der Waals surface area contributed by atoms with Gasteiger partial charge in [-0.05, 0) is 49.8 Å². The monoisotopic (exact) mass is 304 g/mol. The zero-order chi connectivity index (χ0) is 15.6. The Morgan fingerprint density at radius 2 is 2.14 bits per heavy atom. The van der Waals surface area contributed by atoms with Crippen molar-refractivity contribution < 1.29 is 14.0 Å². The fourth-order valence-electron chi connectivity index (χ4n) is 2.29. The Kier molecular flexibility index (Phi) is 6.61. The van der Waals surface area contributed by atoms with Crippen molar-refractivity contribution >= 4 is 12.1 Å². The molecule has 1 N–H and O–H groups in total. The van der Waals surface area contributed by atoms with Gasteiger partial charge < -0.3 is 10.2 Å². The van der Waals surface area contributed by atoms with Crippen LogP contribution in [0.1, 0.15) is 37.7 Å². The number of hydrogen-bond acceptors (Lipinski definition) is 3. The van der Waals surface area contributed by atoms with Crippen LogP contribution in [0.2, 0.25) is 0 Å². The lowest BCUT2D eigenvalue weighted by Gasteiger charge is -2.12. The number of oxime groups is 1. The van der Waals surface area contributed by atoms with E-state index in [9.17, 15) is 9.18 Å². The van der Waals surface area contributed by atoms with E-state index in [2.05, 4.69) is 16.5 Å². The van der Waals surface area contributed by atoms with Gasteiger partial charge in [0.05, 0.1) is 6.21 Å². The summed E-state index contributed by atoms with van der Waals surface area (Å²) in [6, 6.07) is 5.85. The van der Waals surface area contributed by atoms with Gasteiger partial charge in [0, 0.05) is 6.54 Å². The van der Waals surface area contributed by atoms with Gasteiger partial charge in [0.15, 0.2) is 6.61 Å². The summed E-state index contributed by atoms with van der Waals surface area (Å²) < 4.78 is 12.7. The highest BCUT2D eigenvalue weighted by Gasteiger charge is 2.05. The van der Waals surface area contributed by atoms with Crippen molar-refractivity contribution in [3.05, 3.63) is 47.3 Å². The molecular formula is C17H21FN2O2. The molecule has 0 bridgehead atoms. The molecule has 0 aliphatic heterocycles. The molecule has 1 aromatic carbocycles. The lowest BCUT2D eigenvalue weighted by molar-refractivity contribution is -0.125. The van der Waals surface area contributed by atoms with Crippen molar-refractivity contribution in [2.75, 3.05) is 13.2 Å². The molecule has 2 rings (SSSR count). The minimum Gasteiger partial charge on any atom is -0.386 e. The lowest BCUT2D eigenvalue weighted by atomic mass is 9.97. The first-order valence-corrected chi connectivity index (χ1v) is 7.59. The molecular weight excluding hydrogens is 283 g/mol. The van der Waals surface area contributed by atoms with E-state index in [1.807, 2.05) is 0 Å². The number of hydrogen-bond donors (Lipinski definition) is 1. The summed E-state index contributed by atoms with van der Waals surface area (Å²) in [5.41, 5.74) is 2.15. The van der Waals surface area contributed by atoms with Gasteiger partial charge in [0.1, 0.15) is 5.82 Å². The number of carbonyl (C=O) groups is 1. The second-order valence-electron chi connectivity index (χ2n) is 5.27.